The fraction of sp³-hybridized carbons (Fsp3) is 0.400. The summed E-state index contributed by atoms with van der Waals surface area (Å²) in [7, 11) is 0. The van der Waals surface area contributed by atoms with Gasteiger partial charge in [0.25, 0.3) is 5.69 Å². The third kappa shape index (κ3) is 2.11. The normalized spacial score (nSPS) is 16.2. The van der Waals surface area contributed by atoms with E-state index in [1.165, 1.54) is 12.1 Å². The number of hydrogen-bond acceptors (Lipinski definition) is 3. The van der Waals surface area contributed by atoms with Crippen LogP contribution in [-0.2, 0) is 0 Å². The number of anilines is 1. The summed E-state index contributed by atoms with van der Waals surface area (Å²) in [5, 5.41) is 13.0. The summed E-state index contributed by atoms with van der Waals surface area (Å²) in [6.45, 7) is 3.34. The fourth-order valence-electron chi connectivity index (χ4n) is 1.90. The molecule has 0 atom stereocenters. The van der Waals surface area contributed by atoms with Crippen molar-refractivity contribution >= 4 is 11.4 Å². The van der Waals surface area contributed by atoms with Crippen molar-refractivity contribution in [3.8, 4) is 0 Å². The number of nitrogens with two attached hydrogens (primary N) is 1. The van der Waals surface area contributed by atoms with Crippen LogP contribution in [0.1, 0.15) is 0 Å². The van der Waals surface area contributed by atoms with E-state index in [-0.39, 0.29) is 5.69 Å². The van der Waals surface area contributed by atoms with Crippen LogP contribution in [0.2, 0.25) is 0 Å². The Bertz CT molecular complexity index is 405. The van der Waals surface area contributed by atoms with Crippen LogP contribution in [0.3, 0.4) is 0 Å². The van der Waals surface area contributed by atoms with Crippen LogP contribution < -0.4 is 10.2 Å². The van der Waals surface area contributed by atoms with Crippen LogP contribution in [0.15, 0.2) is 18.2 Å². The molecule has 1 aliphatic heterocycles. The highest BCUT2D eigenvalue weighted by molar-refractivity contribution is 5.63. The smallest absolute Gasteiger partial charge is 0.295 e. The first-order chi connectivity index (χ1) is 7.68. The van der Waals surface area contributed by atoms with Gasteiger partial charge in [-0.15, -0.1) is 0 Å². The van der Waals surface area contributed by atoms with Crippen molar-refractivity contribution in [3.05, 3.63) is 34.1 Å². The Morgan fingerprint density at radius 2 is 2.06 bits per heavy atom. The zero-order valence-electron chi connectivity index (χ0n) is 8.73. The summed E-state index contributed by atoms with van der Waals surface area (Å²) in [6, 6.07) is 3.73. The second-order valence-electron chi connectivity index (χ2n) is 3.74. The monoisotopic (exact) mass is 226 g/mol. The van der Waals surface area contributed by atoms with Crippen LogP contribution in [0.5, 0.6) is 0 Å². The number of piperazine rings is 1. The van der Waals surface area contributed by atoms with Gasteiger partial charge in [0.15, 0.2) is 0 Å². The molecule has 1 heterocycles. The van der Waals surface area contributed by atoms with Gasteiger partial charge in [-0.1, -0.05) is 0 Å². The zero-order chi connectivity index (χ0) is 11.5. The lowest BCUT2D eigenvalue weighted by atomic mass is 10.2. The Labute approximate surface area is 92.0 Å². The number of hydrogen-bond donors (Lipinski definition) is 1. The fourth-order valence-corrected chi connectivity index (χ4v) is 1.90. The first kappa shape index (κ1) is 10.8. The van der Waals surface area contributed by atoms with Crippen molar-refractivity contribution in [2.45, 2.75) is 0 Å². The van der Waals surface area contributed by atoms with Gasteiger partial charge in [-0.25, -0.2) is 4.39 Å². The summed E-state index contributed by atoms with van der Waals surface area (Å²) in [4.78, 5) is 12.2. The van der Waals surface area contributed by atoms with E-state index < -0.39 is 10.7 Å². The molecule has 0 aromatic heterocycles. The maximum atomic E-state index is 12.9. The molecule has 16 heavy (non-hydrogen) atoms. The van der Waals surface area contributed by atoms with Crippen LogP contribution in [0.4, 0.5) is 15.8 Å². The van der Waals surface area contributed by atoms with E-state index in [9.17, 15) is 14.5 Å². The molecule has 2 rings (SSSR count). The largest absolute Gasteiger partial charge is 0.355 e. The molecule has 0 unspecified atom stereocenters. The van der Waals surface area contributed by atoms with Crippen molar-refractivity contribution in [1.82, 2.24) is 0 Å². The van der Waals surface area contributed by atoms with Gasteiger partial charge < -0.3 is 10.2 Å². The lowest BCUT2D eigenvalue weighted by molar-refractivity contribution is -0.655. The van der Waals surface area contributed by atoms with E-state index in [4.69, 9.17) is 0 Å². The van der Waals surface area contributed by atoms with E-state index in [0.29, 0.717) is 5.69 Å². The summed E-state index contributed by atoms with van der Waals surface area (Å²) in [5.41, 5.74) is 0.362. The molecule has 1 fully saturated rings. The highest BCUT2D eigenvalue weighted by Gasteiger charge is 2.22. The Kier molecular flexibility index (Phi) is 3.00. The third-order valence-corrected chi connectivity index (χ3v) is 2.68. The molecule has 0 saturated carbocycles. The Hall–Kier alpha value is -1.69. The molecule has 0 aliphatic carbocycles. The molecule has 0 bridgehead atoms. The highest BCUT2D eigenvalue weighted by Crippen LogP contribution is 2.28. The van der Waals surface area contributed by atoms with Crippen LogP contribution in [0.25, 0.3) is 0 Å². The van der Waals surface area contributed by atoms with Crippen LogP contribution in [0, 0.1) is 15.9 Å². The molecule has 0 radical (unpaired) electrons. The molecule has 86 valence electrons. The molecule has 1 aromatic carbocycles. The predicted octanol–water partition coefficient (Wildman–Crippen LogP) is 0.117. The Balaban J connectivity index is 2.34. The van der Waals surface area contributed by atoms with Gasteiger partial charge in [-0.3, -0.25) is 10.1 Å². The van der Waals surface area contributed by atoms with Crippen LogP contribution >= 0.6 is 0 Å². The summed E-state index contributed by atoms with van der Waals surface area (Å²) >= 11 is 0. The zero-order valence-corrected chi connectivity index (χ0v) is 8.73. The number of benzene rings is 1. The van der Waals surface area contributed by atoms with E-state index in [1.54, 1.807) is 0 Å². The van der Waals surface area contributed by atoms with E-state index in [1.807, 2.05) is 4.90 Å². The second kappa shape index (κ2) is 4.44. The lowest BCUT2D eigenvalue weighted by Crippen LogP contribution is -2.89. The molecule has 6 heteroatoms. The van der Waals surface area contributed by atoms with Crippen molar-refractivity contribution in [2.24, 2.45) is 0 Å². The Morgan fingerprint density at radius 3 is 2.69 bits per heavy atom. The average Bonchev–Trinajstić information content (AvgIpc) is 2.30. The van der Waals surface area contributed by atoms with Crippen molar-refractivity contribution < 1.29 is 14.6 Å². The minimum Gasteiger partial charge on any atom is -0.355 e. The van der Waals surface area contributed by atoms with Gasteiger partial charge >= 0.3 is 0 Å². The van der Waals surface area contributed by atoms with Crippen molar-refractivity contribution in [3.63, 3.8) is 0 Å². The standard InChI is InChI=1S/C10H12FN3O2/c11-8-1-2-9(10(7-8)14(15)16)13-5-3-12-4-6-13/h1-2,7,12H,3-6H2/p+1. The number of nitro groups is 1. The number of nitrogens with zero attached hydrogens (tertiary/aromatic N) is 2. The quantitative estimate of drug-likeness (QED) is 0.575. The molecule has 1 saturated heterocycles. The van der Waals surface area contributed by atoms with Gasteiger partial charge in [0.2, 0.25) is 0 Å². The van der Waals surface area contributed by atoms with E-state index in [2.05, 4.69) is 5.32 Å². The molecule has 5 nitrogen and oxygen atoms in total. The maximum absolute atomic E-state index is 12.9. The first-order valence-corrected chi connectivity index (χ1v) is 5.19. The van der Waals surface area contributed by atoms with E-state index >= 15 is 0 Å². The number of halogens is 1. The molecular formula is C10H13FN3O2+. The molecule has 0 spiro atoms. The first-order valence-electron chi connectivity index (χ1n) is 5.19. The molecule has 1 aliphatic rings. The Morgan fingerprint density at radius 1 is 1.38 bits per heavy atom. The minimum atomic E-state index is -0.570. The van der Waals surface area contributed by atoms with E-state index in [0.717, 1.165) is 32.2 Å². The lowest BCUT2D eigenvalue weighted by Gasteiger charge is -2.26. The predicted molar refractivity (Wildman–Crippen MR) is 56.9 cm³/mol. The third-order valence-electron chi connectivity index (χ3n) is 2.68. The average molecular weight is 226 g/mol. The molecular weight excluding hydrogens is 213 g/mol. The summed E-state index contributed by atoms with van der Waals surface area (Å²) in [6.07, 6.45) is 0. The van der Waals surface area contributed by atoms with Crippen LogP contribution in [-0.4, -0.2) is 31.1 Å². The van der Waals surface area contributed by atoms with Gasteiger partial charge in [0, 0.05) is 0 Å². The number of rotatable bonds is 2. The molecule has 0 amide bonds. The maximum Gasteiger partial charge on any atom is 0.295 e. The van der Waals surface area contributed by atoms with Crippen molar-refractivity contribution in [1.29, 1.82) is 0 Å². The topological polar surface area (TPSA) is 63.0 Å². The SMILES string of the molecule is O=[N+]([O-])c1cc(F)ccc1N1CC[NH2+]CC1. The van der Waals surface area contributed by atoms with Crippen molar-refractivity contribution in [2.75, 3.05) is 31.1 Å². The van der Waals surface area contributed by atoms with Gasteiger partial charge in [-0.2, -0.15) is 0 Å². The van der Waals surface area contributed by atoms with Gasteiger partial charge in [-0.05, 0) is 12.1 Å². The summed E-state index contributed by atoms with van der Waals surface area (Å²) < 4.78 is 12.9. The molecule has 2 N–H and O–H groups in total. The summed E-state index contributed by atoms with van der Waals surface area (Å²) in [5.74, 6) is -0.570. The number of nitro benzene ring substituents is 1. The number of quaternary nitrogens is 1. The highest BCUT2D eigenvalue weighted by atomic mass is 19.1. The van der Waals surface area contributed by atoms with Gasteiger partial charge in [0.1, 0.15) is 11.5 Å². The molecule has 1 aromatic rings. The minimum absolute atomic E-state index is 0.151. The van der Waals surface area contributed by atoms with Gasteiger partial charge in [0.05, 0.1) is 37.2 Å². The second-order valence-corrected chi connectivity index (χ2v) is 3.74.